The highest BCUT2D eigenvalue weighted by Crippen LogP contribution is 2.22. The molecule has 2 atom stereocenters. The maximum atomic E-state index is 12.5. The molecule has 12 nitrogen and oxygen atoms in total. The van der Waals surface area contributed by atoms with Crippen molar-refractivity contribution >= 4 is 17.7 Å². The number of hydrogen-bond donors (Lipinski definition) is 0. The Hall–Kier alpha value is -3.28. The van der Waals surface area contributed by atoms with Crippen molar-refractivity contribution in [1.82, 2.24) is 9.80 Å². The number of non-ortho nitro benzene ring substituents is 1. The molecule has 156 valence electrons. The molecule has 0 aliphatic carbocycles. The second-order valence-electron chi connectivity index (χ2n) is 6.96. The van der Waals surface area contributed by atoms with E-state index in [0.717, 1.165) is 11.3 Å². The van der Waals surface area contributed by atoms with Gasteiger partial charge in [0.05, 0.1) is 24.2 Å². The fraction of sp³-hybridized carbons (Fsp3) is 0.529. The molecule has 3 rings (SSSR count). The van der Waals surface area contributed by atoms with Gasteiger partial charge in [0.15, 0.2) is 5.03 Å². The Morgan fingerprint density at radius 2 is 2.00 bits per heavy atom. The first-order valence-corrected chi connectivity index (χ1v) is 9.10. The van der Waals surface area contributed by atoms with Crippen LogP contribution in [0.1, 0.15) is 18.9 Å². The van der Waals surface area contributed by atoms with Crippen LogP contribution in [-0.4, -0.2) is 64.2 Å². The highest BCUT2D eigenvalue weighted by molar-refractivity contribution is 5.95. The van der Waals surface area contributed by atoms with Crippen molar-refractivity contribution in [3.63, 3.8) is 0 Å². The summed E-state index contributed by atoms with van der Waals surface area (Å²) in [6.07, 6.45) is 0.219. The maximum absolute atomic E-state index is 12.5. The molecule has 2 saturated heterocycles. The van der Waals surface area contributed by atoms with Gasteiger partial charge in [-0.25, -0.2) is 19.8 Å². The van der Waals surface area contributed by atoms with Crippen molar-refractivity contribution in [2.24, 2.45) is 11.0 Å². The molecule has 0 radical (unpaired) electrons. The first kappa shape index (κ1) is 20.5. The molecule has 12 heteroatoms. The SMILES string of the molecule is CC1CC(CN2CCN(C(=O)OCc3ccc([N+](=O)[O-])cc3)C2=N[N+](=O)[O-])CO1. The normalized spacial score (nSPS) is 22.9. The van der Waals surface area contributed by atoms with Crippen molar-refractivity contribution in [3.05, 3.63) is 50.1 Å². The summed E-state index contributed by atoms with van der Waals surface area (Å²) in [5.41, 5.74) is 0.491. The number of amides is 1. The van der Waals surface area contributed by atoms with Crippen LogP contribution in [-0.2, 0) is 16.1 Å². The van der Waals surface area contributed by atoms with E-state index in [2.05, 4.69) is 5.10 Å². The number of nitrogens with zero attached hydrogens (tertiary/aromatic N) is 5. The highest BCUT2D eigenvalue weighted by Gasteiger charge is 2.37. The summed E-state index contributed by atoms with van der Waals surface area (Å²) in [5.74, 6) is 0.154. The number of carbonyl (C=O) groups excluding carboxylic acids is 1. The fourth-order valence-corrected chi connectivity index (χ4v) is 3.41. The van der Waals surface area contributed by atoms with Gasteiger partial charge in [0.25, 0.3) is 11.6 Å². The number of hydrazone groups is 1. The van der Waals surface area contributed by atoms with E-state index in [1.54, 1.807) is 4.90 Å². The lowest BCUT2D eigenvalue weighted by Crippen LogP contribution is -2.40. The molecule has 2 fully saturated rings. The van der Waals surface area contributed by atoms with E-state index < -0.39 is 16.0 Å². The Balaban J connectivity index is 1.62. The summed E-state index contributed by atoms with van der Waals surface area (Å²) in [5, 5.41) is 24.2. The van der Waals surface area contributed by atoms with Crippen molar-refractivity contribution in [2.75, 3.05) is 26.2 Å². The van der Waals surface area contributed by atoms with E-state index in [9.17, 15) is 25.0 Å². The number of guanidine groups is 1. The van der Waals surface area contributed by atoms with E-state index in [1.807, 2.05) is 6.92 Å². The average Bonchev–Trinajstić information content (AvgIpc) is 3.26. The van der Waals surface area contributed by atoms with E-state index in [4.69, 9.17) is 9.47 Å². The number of ether oxygens (including phenoxy) is 2. The third-order valence-electron chi connectivity index (χ3n) is 4.78. The molecule has 2 unspecified atom stereocenters. The molecule has 0 spiro atoms. The Morgan fingerprint density at radius 3 is 2.59 bits per heavy atom. The lowest BCUT2D eigenvalue weighted by atomic mass is 10.1. The van der Waals surface area contributed by atoms with Gasteiger partial charge in [0, 0.05) is 31.1 Å². The maximum Gasteiger partial charge on any atom is 0.417 e. The first-order chi connectivity index (χ1) is 13.8. The number of benzene rings is 1. The minimum atomic E-state index is -0.835. The van der Waals surface area contributed by atoms with Crippen molar-refractivity contribution < 1.29 is 24.2 Å². The van der Waals surface area contributed by atoms with E-state index in [0.29, 0.717) is 25.3 Å². The second-order valence-corrected chi connectivity index (χ2v) is 6.96. The Bertz CT molecular complexity index is 813. The third kappa shape index (κ3) is 5.16. The van der Waals surface area contributed by atoms with Crippen LogP contribution in [0, 0.1) is 26.1 Å². The minimum Gasteiger partial charge on any atom is -0.444 e. The van der Waals surface area contributed by atoms with Crippen LogP contribution in [0.4, 0.5) is 10.5 Å². The van der Waals surface area contributed by atoms with E-state index in [-0.39, 0.29) is 36.8 Å². The predicted molar refractivity (Wildman–Crippen MR) is 99.5 cm³/mol. The van der Waals surface area contributed by atoms with Gasteiger partial charge in [-0.2, -0.15) is 0 Å². The number of nitro benzene ring substituents is 1. The molecule has 0 bridgehead atoms. The quantitative estimate of drug-likeness (QED) is 0.514. The molecule has 2 aliphatic rings. The van der Waals surface area contributed by atoms with Crippen LogP contribution < -0.4 is 0 Å². The molecule has 0 aromatic heterocycles. The fourth-order valence-electron chi connectivity index (χ4n) is 3.41. The molecule has 29 heavy (non-hydrogen) atoms. The molecular formula is C17H21N5O7. The van der Waals surface area contributed by atoms with Gasteiger partial charge in [-0.05, 0) is 31.0 Å². The zero-order valence-electron chi connectivity index (χ0n) is 15.8. The van der Waals surface area contributed by atoms with Crippen molar-refractivity contribution in [3.8, 4) is 0 Å². The van der Waals surface area contributed by atoms with Crippen LogP contribution in [0.3, 0.4) is 0 Å². The number of hydrogen-bond acceptors (Lipinski definition) is 7. The van der Waals surface area contributed by atoms with Gasteiger partial charge in [0.2, 0.25) is 0 Å². The molecule has 0 N–H and O–H groups in total. The zero-order chi connectivity index (χ0) is 21.0. The van der Waals surface area contributed by atoms with Gasteiger partial charge in [-0.3, -0.25) is 10.1 Å². The molecule has 1 amide bonds. The highest BCUT2D eigenvalue weighted by atomic mass is 16.7. The van der Waals surface area contributed by atoms with Gasteiger partial charge in [-0.15, -0.1) is 0 Å². The van der Waals surface area contributed by atoms with Crippen LogP contribution in [0.5, 0.6) is 0 Å². The van der Waals surface area contributed by atoms with Crippen LogP contribution in [0.2, 0.25) is 0 Å². The van der Waals surface area contributed by atoms with E-state index >= 15 is 0 Å². The van der Waals surface area contributed by atoms with Crippen LogP contribution in [0.15, 0.2) is 29.4 Å². The summed E-state index contributed by atoms with van der Waals surface area (Å²) in [6.45, 7) is 3.54. The summed E-state index contributed by atoms with van der Waals surface area (Å²) in [4.78, 5) is 36.4. The molecule has 1 aromatic rings. The summed E-state index contributed by atoms with van der Waals surface area (Å²) < 4.78 is 10.8. The van der Waals surface area contributed by atoms with Crippen LogP contribution >= 0.6 is 0 Å². The smallest absolute Gasteiger partial charge is 0.417 e. The van der Waals surface area contributed by atoms with Gasteiger partial charge >= 0.3 is 6.09 Å². The minimum absolute atomic E-state index is 0.0525. The number of nitro groups is 2. The van der Waals surface area contributed by atoms with Gasteiger partial charge < -0.3 is 14.4 Å². The zero-order valence-corrected chi connectivity index (χ0v) is 15.8. The standard InChI is InChI=1S/C17H21N5O7/c1-12-8-14(11-28-12)9-19-6-7-20(16(19)18-22(26)27)17(23)29-10-13-2-4-15(5-3-13)21(24)25/h2-5,12,14H,6-11H2,1H3. The summed E-state index contributed by atoms with van der Waals surface area (Å²) >= 11 is 0. The van der Waals surface area contributed by atoms with Crippen LogP contribution in [0.25, 0.3) is 0 Å². The molecule has 2 aliphatic heterocycles. The Kier molecular flexibility index (Phi) is 6.22. The topological polar surface area (TPSA) is 141 Å². The molecule has 1 aromatic carbocycles. The average molecular weight is 407 g/mol. The van der Waals surface area contributed by atoms with Gasteiger partial charge in [-0.1, -0.05) is 0 Å². The summed E-state index contributed by atoms with van der Waals surface area (Å²) in [7, 11) is 0. The first-order valence-electron chi connectivity index (χ1n) is 9.10. The van der Waals surface area contributed by atoms with Gasteiger partial charge in [0.1, 0.15) is 11.7 Å². The third-order valence-corrected chi connectivity index (χ3v) is 4.78. The van der Waals surface area contributed by atoms with Crippen molar-refractivity contribution in [2.45, 2.75) is 26.1 Å². The molecular weight excluding hydrogens is 386 g/mol. The Morgan fingerprint density at radius 1 is 1.28 bits per heavy atom. The summed E-state index contributed by atoms with van der Waals surface area (Å²) in [6, 6.07) is 5.58. The molecule has 2 heterocycles. The van der Waals surface area contributed by atoms with Crippen molar-refractivity contribution in [1.29, 1.82) is 0 Å². The van der Waals surface area contributed by atoms with E-state index in [1.165, 1.54) is 24.3 Å². The Labute approximate surface area is 166 Å². The largest absolute Gasteiger partial charge is 0.444 e. The lowest BCUT2D eigenvalue weighted by molar-refractivity contribution is -0.486. The predicted octanol–water partition coefficient (Wildman–Crippen LogP) is 1.82. The second kappa shape index (κ2) is 8.82. The lowest BCUT2D eigenvalue weighted by Gasteiger charge is -2.21. The number of rotatable bonds is 6. The monoisotopic (exact) mass is 407 g/mol. The molecule has 0 saturated carbocycles. The number of carbonyl (C=O) groups is 1.